The lowest BCUT2D eigenvalue weighted by Gasteiger charge is -2.30. The molecule has 2 fully saturated rings. The number of aliphatic hydroxyl groups excluding tert-OH is 1. The number of benzene rings is 1. The summed E-state index contributed by atoms with van der Waals surface area (Å²) in [4.78, 5) is 8.10. The van der Waals surface area contributed by atoms with E-state index < -0.39 is 44.6 Å². The van der Waals surface area contributed by atoms with E-state index in [1.165, 1.54) is 11.5 Å². The Morgan fingerprint density at radius 2 is 2.00 bits per heavy atom. The van der Waals surface area contributed by atoms with Crippen LogP contribution in [0.15, 0.2) is 30.5 Å². The van der Waals surface area contributed by atoms with Crippen LogP contribution in [0.25, 0.3) is 11.0 Å². The molecule has 3 aromatic rings. The molecular weight excluding hydrogens is 536 g/mol. The fourth-order valence-electron chi connectivity index (χ4n) is 4.37. The molecule has 1 unspecified atom stereocenters. The van der Waals surface area contributed by atoms with E-state index >= 15 is 0 Å². The first-order valence-corrected chi connectivity index (χ1v) is 13.2. The first kappa shape index (κ1) is 25.7. The number of aromatic nitrogens is 3. The summed E-state index contributed by atoms with van der Waals surface area (Å²) in [5.41, 5.74) is 10.8. The Morgan fingerprint density at radius 3 is 2.72 bits per heavy atom. The summed E-state index contributed by atoms with van der Waals surface area (Å²) in [7, 11) is -4.04. The van der Waals surface area contributed by atoms with Crippen molar-refractivity contribution in [3.8, 4) is 0 Å². The van der Waals surface area contributed by atoms with Crippen LogP contribution in [0.3, 0.4) is 0 Å². The third-order valence-corrected chi connectivity index (χ3v) is 8.08. The summed E-state index contributed by atoms with van der Waals surface area (Å²) in [6.07, 6.45) is -2.25. The fraction of sp³-hybridized carbons (Fsp3) is 0.429. The number of hydrogen-bond donors (Lipinski definition) is 4. The van der Waals surface area contributed by atoms with Crippen molar-refractivity contribution in [2.24, 2.45) is 0 Å². The summed E-state index contributed by atoms with van der Waals surface area (Å²) in [6.45, 7) is 1.10. The average Bonchev–Trinajstić information content (AvgIpc) is 3.30. The Labute approximate surface area is 215 Å². The van der Waals surface area contributed by atoms with Crippen molar-refractivity contribution < 1.29 is 33.1 Å². The molecule has 194 valence electrons. The lowest BCUT2D eigenvalue weighted by Crippen LogP contribution is -2.44. The number of fused-ring (bicyclic) bond motifs is 1. The number of anilines is 2. The molecule has 0 radical (unpaired) electrons. The molecule has 1 aromatic carbocycles. The monoisotopic (exact) mass is 559 g/mol. The van der Waals surface area contributed by atoms with Crippen LogP contribution in [0.4, 0.5) is 11.8 Å². The van der Waals surface area contributed by atoms with E-state index in [1.54, 1.807) is 30.5 Å². The Hall–Kier alpha value is -1.99. The molecule has 0 spiro atoms. The average molecular weight is 560 g/mol. The normalized spacial score (nSPS) is 32.8. The molecule has 6 atom stereocenters. The molecule has 0 amide bonds. The maximum atomic E-state index is 13.2. The number of rotatable bonds is 5. The minimum absolute atomic E-state index is 0.0572. The van der Waals surface area contributed by atoms with Gasteiger partial charge in [0.2, 0.25) is 5.95 Å². The van der Waals surface area contributed by atoms with Gasteiger partial charge in [-0.2, -0.15) is 9.97 Å². The van der Waals surface area contributed by atoms with Crippen LogP contribution in [-0.4, -0.2) is 55.8 Å². The quantitative estimate of drug-likeness (QED) is 0.337. The molecule has 36 heavy (non-hydrogen) atoms. The van der Waals surface area contributed by atoms with Crippen LogP contribution in [0.2, 0.25) is 10.0 Å². The molecule has 2 aromatic heterocycles. The Bertz CT molecular complexity index is 1340. The summed E-state index contributed by atoms with van der Waals surface area (Å²) in [5, 5.41) is 23.2. The molecule has 0 bridgehead atoms. The highest BCUT2D eigenvalue weighted by atomic mass is 35.5. The lowest BCUT2D eigenvalue weighted by molar-refractivity contribution is -0.0950. The zero-order valence-corrected chi connectivity index (χ0v) is 21.4. The first-order chi connectivity index (χ1) is 17.0. The van der Waals surface area contributed by atoms with Gasteiger partial charge in [0.1, 0.15) is 29.3 Å². The second kappa shape index (κ2) is 9.39. The van der Waals surface area contributed by atoms with Crippen molar-refractivity contribution in [3.63, 3.8) is 0 Å². The van der Waals surface area contributed by atoms with Crippen molar-refractivity contribution in [1.29, 1.82) is 0 Å². The maximum Gasteiger partial charge on any atom is 0.475 e. The van der Waals surface area contributed by atoms with Gasteiger partial charge in [-0.05, 0) is 36.8 Å². The molecule has 5 rings (SSSR count). The summed E-state index contributed by atoms with van der Waals surface area (Å²) in [5.74, 6) is 0.104. The topological polar surface area (TPSA) is 177 Å². The van der Waals surface area contributed by atoms with E-state index in [2.05, 4.69) is 9.97 Å². The Balaban J connectivity index is 1.32. The van der Waals surface area contributed by atoms with Gasteiger partial charge in [0, 0.05) is 22.7 Å². The highest BCUT2D eigenvalue weighted by Crippen LogP contribution is 2.57. The Morgan fingerprint density at radius 1 is 1.28 bits per heavy atom. The minimum Gasteiger partial charge on any atom is -0.387 e. The van der Waals surface area contributed by atoms with Crippen LogP contribution >= 0.6 is 31.0 Å². The van der Waals surface area contributed by atoms with Gasteiger partial charge >= 0.3 is 7.82 Å². The van der Waals surface area contributed by atoms with Crippen molar-refractivity contribution in [2.45, 2.75) is 43.5 Å². The number of phosphoric ester groups is 1. The van der Waals surface area contributed by atoms with Gasteiger partial charge in [0.15, 0.2) is 6.23 Å². The van der Waals surface area contributed by atoms with E-state index in [4.69, 9.17) is 53.0 Å². The van der Waals surface area contributed by atoms with Gasteiger partial charge in [-0.3, -0.25) is 13.6 Å². The second-order valence-corrected chi connectivity index (χ2v) is 11.3. The Kier molecular flexibility index (Phi) is 6.69. The summed E-state index contributed by atoms with van der Waals surface area (Å²) >= 11 is 12.2. The SMILES string of the molecule is C[C@@]1(O)[C@H](O)[C@@H](COP2(=O)OCC[C@@H](c3cc(Cl)cc(Cl)c3)O2)O[C@H]1n1ccc2c(N)nc(N)nc21. The molecule has 15 heteroatoms. The second-order valence-electron chi connectivity index (χ2n) is 8.79. The van der Waals surface area contributed by atoms with Crippen LogP contribution in [0.5, 0.6) is 0 Å². The number of nitrogens with zero attached hydrogens (tertiary/aromatic N) is 3. The van der Waals surface area contributed by atoms with E-state index in [-0.39, 0.29) is 18.4 Å². The van der Waals surface area contributed by atoms with E-state index in [1.807, 2.05) is 0 Å². The third-order valence-electron chi connectivity index (χ3n) is 6.17. The fourth-order valence-corrected chi connectivity index (χ4v) is 6.31. The van der Waals surface area contributed by atoms with Gasteiger partial charge in [-0.25, -0.2) is 4.57 Å². The smallest absolute Gasteiger partial charge is 0.387 e. The highest BCUT2D eigenvalue weighted by Gasteiger charge is 2.54. The molecule has 2 aliphatic rings. The zero-order chi connectivity index (χ0) is 25.8. The molecule has 4 heterocycles. The predicted molar refractivity (Wildman–Crippen MR) is 131 cm³/mol. The number of ether oxygens (including phenoxy) is 1. The van der Waals surface area contributed by atoms with Crippen LogP contribution in [-0.2, 0) is 22.9 Å². The number of aliphatic hydroxyl groups is 2. The predicted octanol–water partition coefficient (Wildman–Crippen LogP) is 3.21. The number of halogens is 2. The van der Waals surface area contributed by atoms with Gasteiger partial charge in [0.05, 0.1) is 24.7 Å². The zero-order valence-electron chi connectivity index (χ0n) is 19.0. The van der Waals surface area contributed by atoms with E-state index in [0.717, 1.165) is 0 Å². The summed E-state index contributed by atoms with van der Waals surface area (Å²) in [6, 6.07) is 6.53. The third kappa shape index (κ3) is 4.69. The van der Waals surface area contributed by atoms with E-state index in [9.17, 15) is 14.8 Å². The molecule has 2 saturated heterocycles. The van der Waals surface area contributed by atoms with Gasteiger partial charge in [0.25, 0.3) is 0 Å². The molecule has 0 saturated carbocycles. The molecule has 2 aliphatic heterocycles. The van der Waals surface area contributed by atoms with Crippen molar-refractivity contribution in [1.82, 2.24) is 14.5 Å². The first-order valence-electron chi connectivity index (χ1n) is 11.0. The van der Waals surface area contributed by atoms with Gasteiger partial charge in [-0.1, -0.05) is 23.2 Å². The largest absolute Gasteiger partial charge is 0.475 e. The van der Waals surface area contributed by atoms with Crippen molar-refractivity contribution in [3.05, 3.63) is 46.1 Å². The highest BCUT2D eigenvalue weighted by molar-refractivity contribution is 7.48. The van der Waals surface area contributed by atoms with Crippen LogP contribution in [0.1, 0.15) is 31.2 Å². The lowest BCUT2D eigenvalue weighted by atomic mass is 9.96. The van der Waals surface area contributed by atoms with Gasteiger partial charge < -0.3 is 31.0 Å². The molecule has 6 N–H and O–H groups in total. The van der Waals surface area contributed by atoms with Gasteiger partial charge in [-0.15, -0.1) is 0 Å². The number of phosphoric acid groups is 1. The molecular formula is C21H24Cl2N5O7P. The molecule has 0 aliphatic carbocycles. The minimum atomic E-state index is -4.04. The van der Waals surface area contributed by atoms with Crippen LogP contribution < -0.4 is 11.5 Å². The van der Waals surface area contributed by atoms with Crippen molar-refractivity contribution in [2.75, 3.05) is 24.7 Å². The summed E-state index contributed by atoms with van der Waals surface area (Å²) < 4.78 is 37.0. The van der Waals surface area contributed by atoms with Crippen molar-refractivity contribution >= 4 is 53.8 Å². The number of hydrogen-bond acceptors (Lipinski definition) is 11. The van der Waals surface area contributed by atoms with E-state index in [0.29, 0.717) is 33.1 Å². The van der Waals surface area contributed by atoms with Crippen LogP contribution in [0, 0.1) is 0 Å². The number of nitrogens with two attached hydrogens (primary N) is 2. The standard InChI is InChI=1S/C21H24Cl2N5O7P/c1-21(30)16(29)15(34-19(21)28-4-2-13-17(24)26-20(25)27-18(13)28)9-33-36(31)32-5-3-14(35-36)10-6-11(22)8-12(23)7-10/h2,4,6-8,14-16,19,29-30H,3,5,9H2,1H3,(H4,24,25,26,27)/t14-,15+,16+,19+,21+,36?/m0/s1. The molecule has 12 nitrogen and oxygen atoms in total. The maximum absolute atomic E-state index is 13.2. The number of nitrogen functional groups attached to an aromatic ring is 2.